The van der Waals surface area contributed by atoms with Gasteiger partial charge >= 0.3 is 0 Å². The number of carbonyl (C=O) groups is 2. The van der Waals surface area contributed by atoms with Gasteiger partial charge in [-0.05, 0) is 36.8 Å². The van der Waals surface area contributed by atoms with Crippen LogP contribution in [0.3, 0.4) is 0 Å². The number of thiophene rings is 1. The largest absolute Gasteiger partial charge is 0.354 e. The molecular formula is C18H21NO2S. The number of rotatable bonds is 8. The molecule has 2 rings (SSSR count). The summed E-state index contributed by atoms with van der Waals surface area (Å²) < 4.78 is 0. The maximum Gasteiger partial charge on any atom is 0.220 e. The number of nitrogens with one attached hydrogen (secondary N) is 1. The summed E-state index contributed by atoms with van der Waals surface area (Å²) in [5.74, 6) is -0.00689. The van der Waals surface area contributed by atoms with Crippen LogP contribution < -0.4 is 5.32 Å². The molecule has 0 radical (unpaired) electrons. The summed E-state index contributed by atoms with van der Waals surface area (Å²) in [6, 6.07) is 14.0. The van der Waals surface area contributed by atoms with Crippen molar-refractivity contribution in [2.75, 3.05) is 0 Å². The minimum absolute atomic E-state index is 0.0436. The lowest BCUT2D eigenvalue weighted by atomic mass is 10.1. The fraction of sp³-hybridized carbons (Fsp3) is 0.333. The molecule has 3 nitrogen and oxygen atoms in total. The number of ketones is 1. The van der Waals surface area contributed by atoms with Gasteiger partial charge in [0.05, 0.1) is 4.88 Å². The summed E-state index contributed by atoms with van der Waals surface area (Å²) in [7, 11) is 0. The first kappa shape index (κ1) is 16.4. The molecule has 0 saturated heterocycles. The average Bonchev–Trinajstić information content (AvgIpc) is 3.06. The standard InChI is InChI=1S/C18H21NO2S/c1-14(9-10-15-6-3-2-4-7-15)19-18(21)12-11-16(20)17-8-5-13-22-17/h2-8,13-14H,9-12H2,1H3,(H,19,21). The molecule has 1 heterocycles. The van der Waals surface area contributed by atoms with E-state index in [0.717, 1.165) is 17.7 Å². The highest BCUT2D eigenvalue weighted by Gasteiger charge is 2.12. The van der Waals surface area contributed by atoms with E-state index in [1.807, 2.05) is 36.6 Å². The van der Waals surface area contributed by atoms with Gasteiger partial charge in [0.1, 0.15) is 0 Å². The van der Waals surface area contributed by atoms with E-state index in [9.17, 15) is 9.59 Å². The Morgan fingerprint density at radius 2 is 1.86 bits per heavy atom. The second kappa shape index (κ2) is 8.49. The molecule has 0 fully saturated rings. The molecular weight excluding hydrogens is 294 g/mol. The molecule has 1 aromatic heterocycles. The predicted molar refractivity (Wildman–Crippen MR) is 90.3 cm³/mol. The van der Waals surface area contributed by atoms with E-state index in [0.29, 0.717) is 0 Å². The van der Waals surface area contributed by atoms with Gasteiger partial charge in [-0.3, -0.25) is 9.59 Å². The fourth-order valence-corrected chi connectivity index (χ4v) is 2.93. The minimum Gasteiger partial charge on any atom is -0.354 e. The first-order valence-corrected chi connectivity index (χ1v) is 8.43. The Bertz CT molecular complexity index is 593. The Hall–Kier alpha value is -1.94. The number of hydrogen-bond acceptors (Lipinski definition) is 3. The van der Waals surface area contributed by atoms with Crippen LogP contribution in [0, 0.1) is 0 Å². The van der Waals surface area contributed by atoms with Crippen molar-refractivity contribution in [2.45, 2.75) is 38.6 Å². The maximum absolute atomic E-state index is 11.9. The summed E-state index contributed by atoms with van der Waals surface area (Å²) in [5, 5.41) is 4.84. The van der Waals surface area contributed by atoms with Gasteiger partial charge in [0.2, 0.25) is 5.91 Å². The number of benzene rings is 1. The second-order valence-electron chi connectivity index (χ2n) is 5.39. The molecule has 1 N–H and O–H groups in total. The van der Waals surface area contributed by atoms with E-state index in [1.54, 1.807) is 6.07 Å². The Kier molecular flexibility index (Phi) is 6.34. The van der Waals surface area contributed by atoms with Crippen molar-refractivity contribution in [1.29, 1.82) is 0 Å². The minimum atomic E-state index is -0.0505. The zero-order valence-corrected chi connectivity index (χ0v) is 13.6. The lowest BCUT2D eigenvalue weighted by Crippen LogP contribution is -2.33. The van der Waals surface area contributed by atoms with E-state index in [4.69, 9.17) is 0 Å². The zero-order chi connectivity index (χ0) is 15.8. The smallest absolute Gasteiger partial charge is 0.220 e. The molecule has 22 heavy (non-hydrogen) atoms. The molecule has 0 saturated carbocycles. The van der Waals surface area contributed by atoms with Crippen LogP contribution in [-0.2, 0) is 11.2 Å². The predicted octanol–water partition coefficient (Wildman–Crippen LogP) is 3.85. The molecule has 0 bridgehead atoms. The molecule has 0 spiro atoms. The topological polar surface area (TPSA) is 46.2 Å². The quantitative estimate of drug-likeness (QED) is 0.752. The molecule has 0 aliphatic heterocycles. The third-order valence-electron chi connectivity index (χ3n) is 3.49. The molecule has 1 aromatic carbocycles. The van der Waals surface area contributed by atoms with Crippen LogP contribution in [0.4, 0.5) is 0 Å². The lowest BCUT2D eigenvalue weighted by Gasteiger charge is -2.13. The zero-order valence-electron chi connectivity index (χ0n) is 12.7. The summed E-state index contributed by atoms with van der Waals surface area (Å²) in [5.41, 5.74) is 1.27. The summed E-state index contributed by atoms with van der Waals surface area (Å²) in [4.78, 5) is 24.4. The number of aryl methyl sites for hydroxylation is 1. The SMILES string of the molecule is CC(CCc1ccccc1)NC(=O)CCC(=O)c1cccs1. The van der Waals surface area contributed by atoms with Crippen molar-refractivity contribution in [3.63, 3.8) is 0 Å². The molecule has 116 valence electrons. The highest BCUT2D eigenvalue weighted by atomic mass is 32.1. The van der Waals surface area contributed by atoms with E-state index in [1.165, 1.54) is 16.9 Å². The van der Waals surface area contributed by atoms with Crippen LogP contribution >= 0.6 is 11.3 Å². The van der Waals surface area contributed by atoms with E-state index in [2.05, 4.69) is 17.4 Å². The first-order chi connectivity index (χ1) is 10.6. The highest BCUT2D eigenvalue weighted by molar-refractivity contribution is 7.12. The Morgan fingerprint density at radius 3 is 2.55 bits per heavy atom. The molecule has 0 aliphatic rings. The van der Waals surface area contributed by atoms with Gasteiger partial charge in [-0.2, -0.15) is 0 Å². The average molecular weight is 315 g/mol. The molecule has 1 atom stereocenters. The lowest BCUT2D eigenvalue weighted by molar-refractivity contribution is -0.121. The Labute approximate surface area is 135 Å². The molecule has 4 heteroatoms. The van der Waals surface area contributed by atoms with Gasteiger partial charge in [0.15, 0.2) is 5.78 Å². The van der Waals surface area contributed by atoms with E-state index < -0.39 is 0 Å². The third kappa shape index (κ3) is 5.45. The van der Waals surface area contributed by atoms with Crippen molar-refractivity contribution in [3.8, 4) is 0 Å². The summed E-state index contributed by atoms with van der Waals surface area (Å²) >= 11 is 1.42. The van der Waals surface area contributed by atoms with Crippen molar-refractivity contribution >= 4 is 23.0 Å². The van der Waals surface area contributed by atoms with Gasteiger partial charge in [0, 0.05) is 18.9 Å². The maximum atomic E-state index is 11.9. The number of Topliss-reactive ketones (excluding diaryl/α,β-unsaturated/α-hetero) is 1. The molecule has 0 aliphatic carbocycles. The van der Waals surface area contributed by atoms with Gasteiger partial charge in [-0.1, -0.05) is 36.4 Å². The molecule has 2 aromatic rings. The number of hydrogen-bond donors (Lipinski definition) is 1. The van der Waals surface area contributed by atoms with Crippen molar-refractivity contribution < 1.29 is 9.59 Å². The second-order valence-corrected chi connectivity index (χ2v) is 6.34. The van der Waals surface area contributed by atoms with Gasteiger partial charge in [0.25, 0.3) is 0 Å². The summed E-state index contributed by atoms with van der Waals surface area (Å²) in [6.07, 6.45) is 2.37. The van der Waals surface area contributed by atoms with Crippen molar-refractivity contribution in [3.05, 3.63) is 58.3 Å². The van der Waals surface area contributed by atoms with Crippen LogP contribution in [0.25, 0.3) is 0 Å². The van der Waals surface area contributed by atoms with Gasteiger partial charge in [-0.15, -0.1) is 11.3 Å². The van der Waals surface area contributed by atoms with E-state index in [-0.39, 0.29) is 30.6 Å². The normalized spacial score (nSPS) is 11.9. The molecule has 1 amide bonds. The highest BCUT2D eigenvalue weighted by Crippen LogP contribution is 2.12. The monoisotopic (exact) mass is 315 g/mol. The van der Waals surface area contributed by atoms with Crippen LogP contribution in [-0.4, -0.2) is 17.7 Å². The van der Waals surface area contributed by atoms with Crippen molar-refractivity contribution in [2.24, 2.45) is 0 Å². The third-order valence-corrected chi connectivity index (χ3v) is 4.40. The van der Waals surface area contributed by atoms with Crippen LogP contribution in [0.15, 0.2) is 47.8 Å². The summed E-state index contributed by atoms with van der Waals surface area (Å²) in [6.45, 7) is 2.00. The Morgan fingerprint density at radius 1 is 1.09 bits per heavy atom. The van der Waals surface area contributed by atoms with Crippen LogP contribution in [0.2, 0.25) is 0 Å². The first-order valence-electron chi connectivity index (χ1n) is 7.55. The number of amides is 1. The van der Waals surface area contributed by atoms with Crippen LogP contribution in [0.5, 0.6) is 0 Å². The molecule has 1 unspecified atom stereocenters. The van der Waals surface area contributed by atoms with E-state index >= 15 is 0 Å². The van der Waals surface area contributed by atoms with Gasteiger partial charge in [-0.25, -0.2) is 0 Å². The van der Waals surface area contributed by atoms with Gasteiger partial charge < -0.3 is 5.32 Å². The van der Waals surface area contributed by atoms with Crippen LogP contribution in [0.1, 0.15) is 41.4 Å². The van der Waals surface area contributed by atoms with Crippen molar-refractivity contribution in [1.82, 2.24) is 5.32 Å². The Balaban J connectivity index is 1.67. The number of carbonyl (C=O) groups excluding carboxylic acids is 2. The fourth-order valence-electron chi connectivity index (χ4n) is 2.23.